The number of fused-ring (bicyclic) bond motifs is 3. The molecule has 4 heterocycles. The molecule has 31 heavy (non-hydrogen) atoms. The molecule has 0 bridgehead atoms. The molecule has 2 aliphatic heterocycles. The summed E-state index contributed by atoms with van der Waals surface area (Å²) >= 11 is 0. The lowest BCUT2D eigenvalue weighted by Crippen LogP contribution is -2.50. The zero-order valence-corrected chi connectivity index (χ0v) is 17.8. The maximum absolute atomic E-state index is 12.5. The fourth-order valence-corrected chi connectivity index (χ4v) is 4.74. The van der Waals surface area contributed by atoms with Crippen LogP contribution >= 0.6 is 0 Å². The number of nitrogens with two attached hydrogens (primary N) is 1. The van der Waals surface area contributed by atoms with E-state index in [2.05, 4.69) is 55.9 Å². The van der Waals surface area contributed by atoms with Crippen LogP contribution in [-0.4, -0.2) is 39.9 Å². The molecule has 0 aliphatic carbocycles. The number of aromatic nitrogens is 2. The molecule has 2 aliphatic rings. The first-order chi connectivity index (χ1) is 15.0. The van der Waals surface area contributed by atoms with Crippen LogP contribution in [0.5, 0.6) is 0 Å². The Morgan fingerprint density at radius 3 is 2.68 bits per heavy atom. The summed E-state index contributed by atoms with van der Waals surface area (Å²) in [6.45, 7) is 9.09. The number of carbonyl (C=O) groups is 1. The standard InChI is InChI=1S/C24H28N6O/c1-15(25)18-5-3-17(4-6-18)14-29-11-8-19(9-12-29)30-16(2)28-24(31)21-13-27-23-20(22(21)30)7-10-26-23/h3-7,10,13,15,19H,2,8-9,11-12,14,25H2,1H3,(H,26,27)(H,28,31). The minimum Gasteiger partial charge on any atom is -0.346 e. The lowest BCUT2D eigenvalue weighted by molar-refractivity contribution is 0.0958. The maximum atomic E-state index is 12.5. The van der Waals surface area contributed by atoms with E-state index in [1.54, 1.807) is 6.20 Å². The molecule has 1 fully saturated rings. The Morgan fingerprint density at radius 2 is 1.97 bits per heavy atom. The molecule has 1 saturated heterocycles. The third kappa shape index (κ3) is 3.60. The second-order valence-electron chi connectivity index (χ2n) is 8.57. The van der Waals surface area contributed by atoms with Gasteiger partial charge in [-0.3, -0.25) is 9.69 Å². The van der Waals surface area contributed by atoms with Crippen LogP contribution < -0.4 is 16.0 Å². The number of likely N-dealkylation sites (tertiary alicyclic amines) is 1. The molecule has 0 saturated carbocycles. The van der Waals surface area contributed by atoms with E-state index in [-0.39, 0.29) is 18.0 Å². The summed E-state index contributed by atoms with van der Waals surface area (Å²) in [4.78, 5) is 24.8. The van der Waals surface area contributed by atoms with Gasteiger partial charge in [0.25, 0.3) is 5.91 Å². The minimum absolute atomic E-state index is 0.0625. The molecule has 1 aromatic carbocycles. The average Bonchev–Trinajstić information content (AvgIpc) is 3.24. The quantitative estimate of drug-likeness (QED) is 0.607. The van der Waals surface area contributed by atoms with Crippen molar-refractivity contribution in [2.45, 2.75) is 38.4 Å². The number of carbonyl (C=O) groups excluding carboxylic acids is 1. The maximum Gasteiger partial charge on any atom is 0.260 e. The monoisotopic (exact) mass is 416 g/mol. The van der Waals surface area contributed by atoms with Gasteiger partial charge < -0.3 is 20.9 Å². The molecule has 3 aromatic rings. The molecule has 5 rings (SSSR count). The number of piperidine rings is 1. The van der Waals surface area contributed by atoms with Crippen molar-refractivity contribution >= 4 is 22.6 Å². The number of pyridine rings is 1. The van der Waals surface area contributed by atoms with E-state index < -0.39 is 0 Å². The van der Waals surface area contributed by atoms with Crippen LogP contribution in [0.1, 0.15) is 47.3 Å². The third-order valence-corrected chi connectivity index (χ3v) is 6.43. The Morgan fingerprint density at radius 1 is 1.23 bits per heavy atom. The van der Waals surface area contributed by atoms with Crippen molar-refractivity contribution in [2.24, 2.45) is 5.73 Å². The molecule has 1 unspecified atom stereocenters. The van der Waals surface area contributed by atoms with Gasteiger partial charge in [-0.2, -0.15) is 0 Å². The van der Waals surface area contributed by atoms with Crippen LogP contribution in [0.3, 0.4) is 0 Å². The van der Waals surface area contributed by atoms with Crippen molar-refractivity contribution in [3.63, 3.8) is 0 Å². The third-order valence-electron chi connectivity index (χ3n) is 6.43. The SMILES string of the molecule is C=C1NC(=O)c2cnc3[nH]ccc3c2N1C1CCN(Cc2ccc(C(C)N)cc2)CC1. The van der Waals surface area contributed by atoms with Crippen LogP contribution in [-0.2, 0) is 6.54 Å². The number of nitrogens with one attached hydrogen (secondary N) is 2. The van der Waals surface area contributed by atoms with Gasteiger partial charge in [0.15, 0.2) is 0 Å². The Kier molecular flexibility index (Phi) is 5.00. The van der Waals surface area contributed by atoms with Crippen LogP contribution in [0.2, 0.25) is 0 Å². The molecule has 0 spiro atoms. The van der Waals surface area contributed by atoms with Crippen molar-refractivity contribution in [1.29, 1.82) is 0 Å². The Labute approximate surface area is 181 Å². The van der Waals surface area contributed by atoms with Crippen molar-refractivity contribution < 1.29 is 4.79 Å². The highest BCUT2D eigenvalue weighted by Gasteiger charge is 2.34. The van der Waals surface area contributed by atoms with Gasteiger partial charge in [0.05, 0.1) is 11.3 Å². The summed E-state index contributed by atoms with van der Waals surface area (Å²) in [5, 5.41) is 3.89. The fraction of sp³-hybridized carbons (Fsp3) is 0.333. The number of benzene rings is 1. The summed E-state index contributed by atoms with van der Waals surface area (Å²) < 4.78 is 0. The van der Waals surface area contributed by atoms with Gasteiger partial charge in [0, 0.05) is 49.5 Å². The minimum atomic E-state index is -0.139. The van der Waals surface area contributed by atoms with Crippen LogP contribution in [0.15, 0.2) is 55.1 Å². The molecular weight excluding hydrogens is 388 g/mol. The van der Waals surface area contributed by atoms with Gasteiger partial charge in [-0.25, -0.2) is 4.98 Å². The van der Waals surface area contributed by atoms with E-state index in [9.17, 15) is 4.79 Å². The molecular formula is C24H28N6O. The number of rotatable bonds is 4. The first-order valence-electron chi connectivity index (χ1n) is 10.8. The number of aromatic amines is 1. The molecule has 1 amide bonds. The predicted octanol–water partition coefficient (Wildman–Crippen LogP) is 3.27. The zero-order valence-electron chi connectivity index (χ0n) is 17.8. The fourth-order valence-electron chi connectivity index (χ4n) is 4.74. The Bertz CT molecular complexity index is 1120. The highest BCUT2D eigenvalue weighted by atomic mass is 16.2. The first kappa shape index (κ1) is 19.8. The summed E-state index contributed by atoms with van der Waals surface area (Å²) in [5.74, 6) is 0.510. The van der Waals surface area contributed by atoms with Crippen molar-refractivity contribution in [3.05, 3.63) is 71.8 Å². The van der Waals surface area contributed by atoms with Crippen LogP contribution in [0.25, 0.3) is 11.0 Å². The lowest BCUT2D eigenvalue weighted by atomic mass is 9.98. The van der Waals surface area contributed by atoms with E-state index in [1.807, 2.05) is 19.2 Å². The van der Waals surface area contributed by atoms with E-state index in [0.29, 0.717) is 11.4 Å². The second kappa shape index (κ2) is 7.83. The van der Waals surface area contributed by atoms with E-state index >= 15 is 0 Å². The molecule has 160 valence electrons. The Balaban J connectivity index is 1.33. The summed E-state index contributed by atoms with van der Waals surface area (Å²) in [6, 6.07) is 10.9. The summed E-state index contributed by atoms with van der Waals surface area (Å²) in [6.07, 6.45) is 5.52. The highest BCUT2D eigenvalue weighted by molar-refractivity contribution is 6.10. The number of hydrogen-bond acceptors (Lipinski definition) is 5. The van der Waals surface area contributed by atoms with Crippen molar-refractivity contribution in [2.75, 3.05) is 18.0 Å². The van der Waals surface area contributed by atoms with Crippen LogP contribution in [0.4, 0.5) is 5.69 Å². The van der Waals surface area contributed by atoms with Crippen molar-refractivity contribution in [3.8, 4) is 0 Å². The van der Waals surface area contributed by atoms with E-state index in [1.165, 1.54) is 5.56 Å². The molecule has 7 heteroatoms. The van der Waals surface area contributed by atoms with Crippen LogP contribution in [0, 0.1) is 0 Å². The number of nitrogens with zero attached hydrogens (tertiary/aromatic N) is 3. The molecule has 4 N–H and O–H groups in total. The average molecular weight is 417 g/mol. The highest BCUT2D eigenvalue weighted by Crippen LogP contribution is 2.37. The van der Waals surface area contributed by atoms with Gasteiger partial charge in [-0.1, -0.05) is 30.8 Å². The van der Waals surface area contributed by atoms with Gasteiger partial charge in [-0.05, 0) is 37.0 Å². The predicted molar refractivity (Wildman–Crippen MR) is 123 cm³/mol. The molecule has 2 aromatic heterocycles. The lowest BCUT2D eigenvalue weighted by Gasteiger charge is -2.43. The van der Waals surface area contributed by atoms with E-state index in [0.717, 1.165) is 54.8 Å². The largest absolute Gasteiger partial charge is 0.346 e. The number of H-pyrrole nitrogens is 1. The van der Waals surface area contributed by atoms with Gasteiger partial charge >= 0.3 is 0 Å². The Hall–Kier alpha value is -3.16. The number of amides is 1. The smallest absolute Gasteiger partial charge is 0.260 e. The molecule has 7 nitrogen and oxygen atoms in total. The summed E-state index contributed by atoms with van der Waals surface area (Å²) in [5.41, 5.74) is 10.8. The zero-order chi connectivity index (χ0) is 21.5. The first-order valence-corrected chi connectivity index (χ1v) is 10.8. The van der Waals surface area contributed by atoms with Gasteiger partial charge in [0.2, 0.25) is 0 Å². The summed E-state index contributed by atoms with van der Waals surface area (Å²) in [7, 11) is 0. The number of hydrogen-bond donors (Lipinski definition) is 3. The topological polar surface area (TPSA) is 90.3 Å². The molecule has 0 radical (unpaired) electrons. The molecule has 1 atom stereocenters. The van der Waals surface area contributed by atoms with Gasteiger partial charge in [-0.15, -0.1) is 0 Å². The van der Waals surface area contributed by atoms with E-state index in [4.69, 9.17) is 5.73 Å². The normalized spacial score (nSPS) is 18.8. The second-order valence-corrected chi connectivity index (χ2v) is 8.57. The van der Waals surface area contributed by atoms with Gasteiger partial charge in [0.1, 0.15) is 11.5 Å². The number of anilines is 1. The van der Waals surface area contributed by atoms with Crippen molar-refractivity contribution in [1.82, 2.24) is 20.2 Å².